The van der Waals surface area contributed by atoms with E-state index >= 15 is 0 Å². The second-order valence-electron chi connectivity index (χ2n) is 7.15. The van der Waals surface area contributed by atoms with Gasteiger partial charge < -0.3 is 34.1 Å². The van der Waals surface area contributed by atoms with Gasteiger partial charge in [-0.3, -0.25) is 4.79 Å². The zero-order valence-corrected chi connectivity index (χ0v) is 15.3. The Labute approximate surface area is 157 Å². The summed E-state index contributed by atoms with van der Waals surface area (Å²) in [5.41, 5.74) is 0.859. The van der Waals surface area contributed by atoms with E-state index in [0.717, 1.165) is 5.56 Å². The maximum atomic E-state index is 11.6. The molecule has 0 aliphatic carbocycles. The van der Waals surface area contributed by atoms with Crippen molar-refractivity contribution in [3.63, 3.8) is 0 Å². The van der Waals surface area contributed by atoms with Gasteiger partial charge in [0.05, 0.1) is 19.3 Å². The SMILES string of the molecule is CC(=O)N[C@H]1[C@H](OC[C@@H]2O[C@H]2C)O[C@@H]2COC(c3ccccc3)O[C@H]2[C@@H]1O. The van der Waals surface area contributed by atoms with Gasteiger partial charge in [-0.1, -0.05) is 30.3 Å². The molecule has 0 aromatic heterocycles. The summed E-state index contributed by atoms with van der Waals surface area (Å²) >= 11 is 0. The van der Waals surface area contributed by atoms with Crippen molar-refractivity contribution in [2.24, 2.45) is 0 Å². The van der Waals surface area contributed by atoms with E-state index in [0.29, 0.717) is 6.61 Å². The normalized spacial score (nSPS) is 40.9. The van der Waals surface area contributed by atoms with E-state index in [1.165, 1.54) is 6.92 Å². The number of hydrogen-bond acceptors (Lipinski definition) is 7. The number of benzene rings is 1. The fourth-order valence-corrected chi connectivity index (χ4v) is 3.50. The number of ether oxygens (including phenoxy) is 5. The molecule has 0 saturated carbocycles. The summed E-state index contributed by atoms with van der Waals surface area (Å²) in [6, 6.07) is 8.75. The molecule has 1 amide bonds. The highest BCUT2D eigenvalue weighted by Crippen LogP contribution is 2.34. The lowest BCUT2D eigenvalue weighted by Gasteiger charge is -2.47. The van der Waals surface area contributed by atoms with Gasteiger partial charge in [-0.05, 0) is 6.92 Å². The first-order valence-corrected chi connectivity index (χ1v) is 9.22. The summed E-state index contributed by atoms with van der Waals surface area (Å²) in [5, 5.41) is 13.6. The first kappa shape index (κ1) is 18.8. The molecule has 4 rings (SSSR count). The lowest BCUT2D eigenvalue weighted by molar-refractivity contribution is -0.344. The highest BCUT2D eigenvalue weighted by molar-refractivity contribution is 5.73. The van der Waals surface area contributed by atoms with Gasteiger partial charge in [-0.15, -0.1) is 0 Å². The Hall–Kier alpha value is -1.55. The molecule has 1 unspecified atom stereocenters. The van der Waals surface area contributed by atoms with Gasteiger partial charge in [-0.25, -0.2) is 0 Å². The van der Waals surface area contributed by atoms with Crippen molar-refractivity contribution in [1.82, 2.24) is 5.32 Å². The van der Waals surface area contributed by atoms with Gasteiger partial charge in [0.2, 0.25) is 5.91 Å². The van der Waals surface area contributed by atoms with Gasteiger partial charge in [0.25, 0.3) is 0 Å². The average molecular weight is 379 g/mol. The van der Waals surface area contributed by atoms with Gasteiger partial charge in [0.1, 0.15) is 30.5 Å². The number of fused-ring (bicyclic) bond motifs is 1. The van der Waals surface area contributed by atoms with Crippen molar-refractivity contribution in [3.8, 4) is 0 Å². The van der Waals surface area contributed by atoms with Crippen LogP contribution in [-0.2, 0) is 28.5 Å². The topological polar surface area (TPSA) is 98.8 Å². The monoisotopic (exact) mass is 379 g/mol. The molecular weight excluding hydrogens is 354 g/mol. The van der Waals surface area contributed by atoms with E-state index in [2.05, 4.69) is 5.32 Å². The van der Waals surface area contributed by atoms with E-state index < -0.39 is 36.9 Å². The van der Waals surface area contributed by atoms with Crippen LogP contribution < -0.4 is 5.32 Å². The van der Waals surface area contributed by atoms with Gasteiger partial charge in [-0.2, -0.15) is 0 Å². The van der Waals surface area contributed by atoms with Crippen molar-refractivity contribution in [1.29, 1.82) is 0 Å². The molecule has 3 aliphatic rings. The number of aliphatic hydroxyl groups excluding tert-OH is 1. The molecule has 0 bridgehead atoms. The van der Waals surface area contributed by atoms with Gasteiger partial charge in [0.15, 0.2) is 12.6 Å². The fourth-order valence-electron chi connectivity index (χ4n) is 3.50. The highest BCUT2D eigenvalue weighted by atomic mass is 16.8. The molecule has 3 heterocycles. The Morgan fingerprint density at radius 2 is 2.00 bits per heavy atom. The zero-order valence-electron chi connectivity index (χ0n) is 15.3. The zero-order chi connectivity index (χ0) is 19.0. The molecule has 1 aromatic carbocycles. The molecule has 3 aliphatic heterocycles. The van der Waals surface area contributed by atoms with Crippen LogP contribution in [0.4, 0.5) is 0 Å². The van der Waals surface area contributed by atoms with Crippen LogP contribution in [0.25, 0.3) is 0 Å². The maximum absolute atomic E-state index is 11.6. The molecule has 8 atom stereocenters. The first-order valence-electron chi connectivity index (χ1n) is 9.22. The van der Waals surface area contributed by atoms with Crippen molar-refractivity contribution >= 4 is 5.91 Å². The van der Waals surface area contributed by atoms with E-state index in [4.69, 9.17) is 23.7 Å². The summed E-state index contributed by atoms with van der Waals surface area (Å²) in [6.07, 6.45) is -3.36. The van der Waals surface area contributed by atoms with Gasteiger partial charge in [0, 0.05) is 12.5 Å². The minimum Gasteiger partial charge on any atom is -0.388 e. The standard InChI is InChI=1S/C19H25NO7/c1-10-13(25-10)8-24-19-15(20-11(2)21)16(22)17-14(26-19)9-23-18(27-17)12-6-4-3-5-7-12/h3-7,10,13-19,22H,8-9H2,1-2H3,(H,20,21)/t10-,13-,14+,15+,16+,17+,18?,19+/m0/s1. The summed E-state index contributed by atoms with van der Waals surface area (Å²) in [6.45, 7) is 3.93. The lowest BCUT2D eigenvalue weighted by atomic mass is 9.95. The molecule has 3 fully saturated rings. The number of hydrogen-bond donors (Lipinski definition) is 2. The van der Waals surface area contributed by atoms with E-state index in [-0.39, 0.29) is 24.7 Å². The minimum absolute atomic E-state index is 0.0164. The van der Waals surface area contributed by atoms with Crippen molar-refractivity contribution in [2.75, 3.05) is 13.2 Å². The van der Waals surface area contributed by atoms with Crippen LogP contribution >= 0.6 is 0 Å². The molecule has 27 heavy (non-hydrogen) atoms. The lowest BCUT2D eigenvalue weighted by Crippen LogP contribution is -2.66. The van der Waals surface area contributed by atoms with Crippen molar-refractivity contribution < 1.29 is 33.6 Å². The van der Waals surface area contributed by atoms with Crippen molar-refractivity contribution in [2.45, 2.75) is 63.0 Å². The Morgan fingerprint density at radius 3 is 2.67 bits per heavy atom. The van der Waals surface area contributed by atoms with Crippen molar-refractivity contribution in [3.05, 3.63) is 35.9 Å². The predicted molar refractivity (Wildman–Crippen MR) is 92.6 cm³/mol. The largest absolute Gasteiger partial charge is 0.388 e. The van der Waals surface area contributed by atoms with Crippen LogP contribution in [0.5, 0.6) is 0 Å². The Bertz CT molecular complexity index is 657. The number of amides is 1. The summed E-state index contributed by atoms with van der Waals surface area (Å²) in [7, 11) is 0. The van der Waals surface area contributed by atoms with Crippen LogP contribution in [0, 0.1) is 0 Å². The number of epoxide rings is 1. The number of aliphatic hydroxyl groups is 1. The minimum atomic E-state index is -0.995. The molecule has 3 saturated heterocycles. The average Bonchev–Trinajstić information content (AvgIpc) is 3.38. The molecule has 148 valence electrons. The molecule has 0 spiro atoms. The van der Waals surface area contributed by atoms with Crippen LogP contribution in [0.3, 0.4) is 0 Å². The van der Waals surface area contributed by atoms with E-state index in [1.807, 2.05) is 37.3 Å². The number of carbonyl (C=O) groups is 1. The second-order valence-corrected chi connectivity index (χ2v) is 7.15. The predicted octanol–water partition coefficient (Wildman–Crippen LogP) is 0.495. The molecule has 8 nitrogen and oxygen atoms in total. The second kappa shape index (κ2) is 7.83. The molecule has 8 heteroatoms. The summed E-state index contributed by atoms with van der Waals surface area (Å²) < 4.78 is 28.8. The third-order valence-corrected chi connectivity index (χ3v) is 5.07. The van der Waals surface area contributed by atoms with Crippen LogP contribution in [0.15, 0.2) is 30.3 Å². The number of carbonyl (C=O) groups excluding carboxylic acids is 1. The highest BCUT2D eigenvalue weighted by Gasteiger charge is 2.50. The Kier molecular flexibility index (Phi) is 5.45. The fraction of sp³-hybridized carbons (Fsp3) is 0.632. The van der Waals surface area contributed by atoms with E-state index in [9.17, 15) is 9.90 Å². The third-order valence-electron chi connectivity index (χ3n) is 5.07. The van der Waals surface area contributed by atoms with Crippen LogP contribution in [-0.4, -0.2) is 67.1 Å². The first-order chi connectivity index (χ1) is 13.0. The molecule has 1 aromatic rings. The number of rotatable bonds is 5. The molecule has 0 radical (unpaired) electrons. The third kappa shape index (κ3) is 4.16. The smallest absolute Gasteiger partial charge is 0.217 e. The van der Waals surface area contributed by atoms with Gasteiger partial charge >= 0.3 is 0 Å². The Balaban J connectivity index is 1.46. The van der Waals surface area contributed by atoms with Crippen LogP contribution in [0.2, 0.25) is 0 Å². The van der Waals surface area contributed by atoms with Crippen LogP contribution in [0.1, 0.15) is 25.7 Å². The Morgan fingerprint density at radius 1 is 1.26 bits per heavy atom. The van der Waals surface area contributed by atoms with E-state index in [1.54, 1.807) is 0 Å². The number of nitrogens with one attached hydrogen (secondary N) is 1. The summed E-state index contributed by atoms with van der Waals surface area (Å²) in [4.78, 5) is 11.6. The molecular formula is C19H25NO7. The maximum Gasteiger partial charge on any atom is 0.217 e. The molecule has 2 N–H and O–H groups in total. The summed E-state index contributed by atoms with van der Waals surface area (Å²) in [5.74, 6) is -0.280. The quantitative estimate of drug-likeness (QED) is 0.719.